The number of alkyl halides is 1. The highest BCUT2D eigenvalue weighted by molar-refractivity contribution is 7.17. The summed E-state index contributed by atoms with van der Waals surface area (Å²) in [5, 5.41) is 2.47. The fourth-order valence-electron chi connectivity index (χ4n) is 3.75. The van der Waals surface area contributed by atoms with Crippen molar-refractivity contribution in [1.29, 1.82) is 0 Å². The van der Waals surface area contributed by atoms with E-state index in [1.54, 1.807) is 51.4 Å². The van der Waals surface area contributed by atoms with Crippen LogP contribution in [0, 0.1) is 19.7 Å². The first-order valence-corrected chi connectivity index (χ1v) is 10.8. The maximum absolute atomic E-state index is 14.8. The zero-order chi connectivity index (χ0) is 22.5. The first kappa shape index (κ1) is 21.2. The molecule has 0 spiro atoms. The van der Waals surface area contributed by atoms with Crippen molar-refractivity contribution < 1.29 is 13.5 Å². The van der Waals surface area contributed by atoms with Gasteiger partial charge in [-0.2, -0.15) is 0 Å². The van der Waals surface area contributed by atoms with E-state index in [-0.39, 0.29) is 11.4 Å². The molecule has 0 aliphatic carbocycles. The standard InChI is InChI=1S/C25H23F2NO2S/c1-14-10-17(26)11-15(2)22(14)30-21-7-6-16(25(3,4)27)12-19(21)20-13-28(5)24(29)18-8-9-31-23(18)20/h6-13H,1-5H3. The third-order valence-electron chi connectivity index (χ3n) is 5.38. The normalized spacial score (nSPS) is 11.8. The third kappa shape index (κ3) is 3.88. The van der Waals surface area contributed by atoms with Crippen molar-refractivity contribution in [2.75, 3.05) is 0 Å². The molecule has 0 N–H and O–H groups in total. The molecule has 2 aromatic carbocycles. The van der Waals surface area contributed by atoms with Gasteiger partial charge in [0.15, 0.2) is 0 Å². The molecule has 4 rings (SSSR count). The number of benzene rings is 2. The molecule has 0 radical (unpaired) electrons. The molecule has 3 nitrogen and oxygen atoms in total. The second-order valence-electron chi connectivity index (χ2n) is 8.28. The molecule has 0 unspecified atom stereocenters. The van der Waals surface area contributed by atoms with Crippen molar-refractivity contribution in [2.24, 2.45) is 7.05 Å². The number of halogens is 2. The number of hydrogen-bond donors (Lipinski definition) is 0. The van der Waals surface area contributed by atoms with Crippen molar-refractivity contribution in [1.82, 2.24) is 4.57 Å². The molecule has 2 heterocycles. The van der Waals surface area contributed by atoms with Crippen LogP contribution < -0.4 is 10.3 Å². The van der Waals surface area contributed by atoms with Gasteiger partial charge in [0.05, 0.1) is 5.39 Å². The maximum atomic E-state index is 14.8. The van der Waals surface area contributed by atoms with Crippen LogP contribution in [-0.4, -0.2) is 4.57 Å². The molecule has 2 aromatic heterocycles. The molecule has 0 amide bonds. The van der Waals surface area contributed by atoms with Crippen LogP contribution in [0.1, 0.15) is 30.5 Å². The van der Waals surface area contributed by atoms with Crippen LogP contribution in [0.5, 0.6) is 11.5 Å². The lowest BCUT2D eigenvalue weighted by Gasteiger charge is -2.20. The van der Waals surface area contributed by atoms with Crippen LogP contribution >= 0.6 is 11.3 Å². The number of thiophene rings is 1. The van der Waals surface area contributed by atoms with Gasteiger partial charge < -0.3 is 9.30 Å². The predicted molar refractivity (Wildman–Crippen MR) is 123 cm³/mol. The highest BCUT2D eigenvalue weighted by atomic mass is 32.1. The fourth-order valence-corrected chi connectivity index (χ4v) is 4.66. The van der Waals surface area contributed by atoms with E-state index in [0.717, 1.165) is 10.3 Å². The van der Waals surface area contributed by atoms with Crippen molar-refractivity contribution >= 4 is 21.4 Å². The number of hydrogen-bond acceptors (Lipinski definition) is 3. The topological polar surface area (TPSA) is 31.2 Å². The summed E-state index contributed by atoms with van der Waals surface area (Å²) in [6.45, 7) is 6.58. The lowest BCUT2D eigenvalue weighted by Crippen LogP contribution is -2.16. The molecule has 4 aromatic rings. The van der Waals surface area contributed by atoms with Crippen molar-refractivity contribution in [2.45, 2.75) is 33.4 Å². The molecule has 31 heavy (non-hydrogen) atoms. The fraction of sp³-hybridized carbons (Fsp3) is 0.240. The zero-order valence-electron chi connectivity index (χ0n) is 18.0. The van der Waals surface area contributed by atoms with E-state index in [2.05, 4.69) is 0 Å². The summed E-state index contributed by atoms with van der Waals surface area (Å²) in [5.41, 5.74) is 1.65. The quantitative estimate of drug-likeness (QED) is 0.342. The van der Waals surface area contributed by atoms with Gasteiger partial charge in [0.25, 0.3) is 5.56 Å². The van der Waals surface area contributed by atoms with E-state index in [1.807, 2.05) is 5.38 Å². The van der Waals surface area contributed by atoms with Gasteiger partial charge in [0, 0.05) is 29.1 Å². The smallest absolute Gasteiger partial charge is 0.259 e. The zero-order valence-corrected chi connectivity index (χ0v) is 18.9. The predicted octanol–water partition coefficient (Wildman–Crippen LogP) is 7.02. The Bertz CT molecular complexity index is 1340. The van der Waals surface area contributed by atoms with Gasteiger partial charge in [0.1, 0.15) is 23.0 Å². The van der Waals surface area contributed by atoms with Crippen LogP contribution in [0.4, 0.5) is 8.78 Å². The van der Waals surface area contributed by atoms with Crippen LogP contribution in [0.25, 0.3) is 21.2 Å². The molecular weight excluding hydrogens is 416 g/mol. The molecule has 6 heteroatoms. The Morgan fingerprint density at radius 2 is 1.71 bits per heavy atom. The van der Waals surface area contributed by atoms with Gasteiger partial charge in [-0.3, -0.25) is 4.79 Å². The second-order valence-corrected chi connectivity index (χ2v) is 9.19. The van der Waals surface area contributed by atoms with Gasteiger partial charge in [0.2, 0.25) is 0 Å². The Morgan fingerprint density at radius 3 is 2.35 bits per heavy atom. The number of fused-ring (bicyclic) bond motifs is 1. The SMILES string of the molecule is Cc1cc(F)cc(C)c1Oc1ccc(C(C)(C)F)cc1-c1cn(C)c(=O)c2ccsc12. The number of ether oxygens (including phenoxy) is 1. The van der Waals surface area contributed by atoms with Crippen LogP contribution in [0.2, 0.25) is 0 Å². The second kappa shape index (κ2) is 7.61. The maximum Gasteiger partial charge on any atom is 0.259 e. The Balaban J connectivity index is 1.98. The highest BCUT2D eigenvalue weighted by Crippen LogP contribution is 2.42. The van der Waals surface area contributed by atoms with Gasteiger partial charge in [-0.25, -0.2) is 8.78 Å². The third-order valence-corrected chi connectivity index (χ3v) is 6.32. The van der Waals surface area contributed by atoms with Crippen LogP contribution in [0.3, 0.4) is 0 Å². The molecule has 160 valence electrons. The van der Waals surface area contributed by atoms with E-state index in [1.165, 1.54) is 41.9 Å². The summed E-state index contributed by atoms with van der Waals surface area (Å²) in [6, 6.07) is 9.83. The number of aryl methyl sites for hydroxylation is 3. The van der Waals surface area contributed by atoms with E-state index in [9.17, 15) is 13.6 Å². The minimum Gasteiger partial charge on any atom is -0.456 e. The molecular formula is C25H23F2NO2S. The minimum atomic E-state index is -1.55. The molecule has 0 bridgehead atoms. The average Bonchev–Trinajstić information content (AvgIpc) is 3.17. The van der Waals surface area contributed by atoms with Gasteiger partial charge in [-0.15, -0.1) is 11.3 Å². The lowest BCUT2D eigenvalue weighted by molar-refractivity contribution is 0.221. The number of nitrogens with zero attached hydrogens (tertiary/aromatic N) is 1. The van der Waals surface area contributed by atoms with Crippen LogP contribution in [0.15, 0.2) is 52.8 Å². The lowest BCUT2D eigenvalue weighted by atomic mass is 9.95. The summed E-state index contributed by atoms with van der Waals surface area (Å²) in [5.74, 6) is 0.747. The number of pyridine rings is 1. The summed E-state index contributed by atoms with van der Waals surface area (Å²) in [4.78, 5) is 12.5. The Morgan fingerprint density at radius 1 is 1.03 bits per heavy atom. The Labute approximate surface area is 183 Å². The van der Waals surface area contributed by atoms with E-state index >= 15 is 0 Å². The number of aromatic nitrogens is 1. The van der Waals surface area contributed by atoms with E-state index in [4.69, 9.17) is 4.74 Å². The summed E-state index contributed by atoms with van der Waals surface area (Å²) in [6.07, 6.45) is 1.75. The number of rotatable bonds is 4. The molecule has 0 fully saturated rings. The van der Waals surface area contributed by atoms with Crippen LogP contribution in [-0.2, 0) is 12.7 Å². The molecule has 0 aliphatic rings. The van der Waals surface area contributed by atoms with E-state index < -0.39 is 5.67 Å². The Hall–Kier alpha value is -2.99. The Kier molecular flexibility index (Phi) is 5.21. The van der Waals surface area contributed by atoms with Crippen molar-refractivity contribution in [3.63, 3.8) is 0 Å². The van der Waals surface area contributed by atoms with Crippen molar-refractivity contribution in [3.8, 4) is 22.6 Å². The minimum absolute atomic E-state index is 0.0883. The summed E-state index contributed by atoms with van der Waals surface area (Å²) >= 11 is 1.46. The largest absolute Gasteiger partial charge is 0.456 e. The summed E-state index contributed by atoms with van der Waals surface area (Å²) in [7, 11) is 1.70. The first-order chi connectivity index (χ1) is 14.6. The molecule has 0 atom stereocenters. The van der Waals surface area contributed by atoms with E-state index in [0.29, 0.717) is 39.1 Å². The van der Waals surface area contributed by atoms with Gasteiger partial charge >= 0.3 is 0 Å². The monoisotopic (exact) mass is 439 g/mol. The molecule has 0 saturated carbocycles. The average molecular weight is 440 g/mol. The van der Waals surface area contributed by atoms with Gasteiger partial charge in [-0.05, 0) is 80.1 Å². The molecule has 0 aliphatic heterocycles. The highest BCUT2D eigenvalue weighted by Gasteiger charge is 2.23. The van der Waals surface area contributed by atoms with Gasteiger partial charge in [-0.1, -0.05) is 6.07 Å². The van der Waals surface area contributed by atoms with Crippen molar-refractivity contribution in [3.05, 3.63) is 80.8 Å². The molecule has 0 saturated heterocycles. The first-order valence-electron chi connectivity index (χ1n) is 9.91. The summed E-state index contributed by atoms with van der Waals surface area (Å²) < 4.78 is 37.2.